The van der Waals surface area contributed by atoms with Gasteiger partial charge in [-0.2, -0.15) is 0 Å². The molecular formula is C22H29NO. The SMILES string of the molecule is CCC(CC1CC1)NC(C)c1ccc(OCc2ccccc2)cc1. The van der Waals surface area contributed by atoms with Crippen LogP contribution in [-0.2, 0) is 6.61 Å². The van der Waals surface area contributed by atoms with E-state index >= 15 is 0 Å². The van der Waals surface area contributed by atoms with Gasteiger partial charge in [-0.3, -0.25) is 0 Å². The normalized spacial score (nSPS) is 16.6. The van der Waals surface area contributed by atoms with E-state index in [1.807, 2.05) is 18.2 Å². The predicted molar refractivity (Wildman–Crippen MR) is 100 cm³/mol. The van der Waals surface area contributed by atoms with Gasteiger partial charge in [-0.25, -0.2) is 0 Å². The molecule has 1 saturated carbocycles. The van der Waals surface area contributed by atoms with Crippen molar-refractivity contribution in [1.29, 1.82) is 0 Å². The third-order valence-corrected chi connectivity index (χ3v) is 4.92. The van der Waals surface area contributed by atoms with E-state index in [1.165, 1.54) is 36.8 Å². The molecule has 2 atom stereocenters. The van der Waals surface area contributed by atoms with Crippen LogP contribution in [0, 0.1) is 5.92 Å². The highest BCUT2D eigenvalue weighted by Gasteiger charge is 2.25. The molecule has 0 bridgehead atoms. The maximum Gasteiger partial charge on any atom is 0.119 e. The largest absolute Gasteiger partial charge is 0.489 e. The fraction of sp³-hybridized carbons (Fsp3) is 0.455. The summed E-state index contributed by atoms with van der Waals surface area (Å²) in [4.78, 5) is 0. The third kappa shape index (κ3) is 5.10. The van der Waals surface area contributed by atoms with Crippen molar-refractivity contribution in [1.82, 2.24) is 5.32 Å². The van der Waals surface area contributed by atoms with Crippen molar-refractivity contribution in [2.75, 3.05) is 0 Å². The maximum atomic E-state index is 5.87. The Hall–Kier alpha value is -1.80. The molecular weight excluding hydrogens is 294 g/mol. The first kappa shape index (κ1) is 17.0. The number of ether oxygens (including phenoxy) is 1. The van der Waals surface area contributed by atoms with Gasteiger partial charge < -0.3 is 10.1 Å². The lowest BCUT2D eigenvalue weighted by Crippen LogP contribution is -2.31. The second-order valence-electron chi connectivity index (χ2n) is 7.02. The van der Waals surface area contributed by atoms with E-state index in [-0.39, 0.29) is 0 Å². The second-order valence-corrected chi connectivity index (χ2v) is 7.02. The van der Waals surface area contributed by atoms with Gasteiger partial charge in [0.15, 0.2) is 0 Å². The zero-order chi connectivity index (χ0) is 16.8. The molecule has 1 aliphatic rings. The van der Waals surface area contributed by atoms with Crippen molar-refractivity contribution in [3.8, 4) is 5.75 Å². The summed E-state index contributed by atoms with van der Waals surface area (Å²) in [5.74, 6) is 1.91. The summed E-state index contributed by atoms with van der Waals surface area (Å²) in [6.07, 6.45) is 5.40. The fourth-order valence-corrected chi connectivity index (χ4v) is 3.15. The van der Waals surface area contributed by atoms with Crippen LogP contribution in [0.5, 0.6) is 5.75 Å². The molecule has 1 aliphatic carbocycles. The van der Waals surface area contributed by atoms with E-state index in [2.05, 4.69) is 55.6 Å². The summed E-state index contributed by atoms with van der Waals surface area (Å²) in [5, 5.41) is 3.79. The minimum absolute atomic E-state index is 0.386. The highest BCUT2D eigenvalue weighted by Crippen LogP contribution is 2.34. The van der Waals surface area contributed by atoms with Crippen LogP contribution in [0.1, 0.15) is 56.7 Å². The van der Waals surface area contributed by atoms with Crippen molar-refractivity contribution < 1.29 is 4.74 Å². The fourth-order valence-electron chi connectivity index (χ4n) is 3.15. The lowest BCUT2D eigenvalue weighted by molar-refractivity contribution is 0.306. The first-order valence-corrected chi connectivity index (χ1v) is 9.27. The van der Waals surface area contributed by atoms with Crippen LogP contribution >= 0.6 is 0 Å². The summed E-state index contributed by atoms with van der Waals surface area (Å²) in [7, 11) is 0. The van der Waals surface area contributed by atoms with Crippen LogP contribution in [0.2, 0.25) is 0 Å². The molecule has 0 aliphatic heterocycles. The molecule has 0 heterocycles. The molecule has 1 fully saturated rings. The Kier molecular flexibility index (Phi) is 5.92. The molecule has 0 radical (unpaired) electrons. The Morgan fingerprint density at radius 1 is 1.04 bits per heavy atom. The monoisotopic (exact) mass is 323 g/mol. The topological polar surface area (TPSA) is 21.3 Å². The van der Waals surface area contributed by atoms with E-state index in [1.54, 1.807) is 0 Å². The number of hydrogen-bond acceptors (Lipinski definition) is 2. The Balaban J connectivity index is 1.51. The highest BCUT2D eigenvalue weighted by molar-refractivity contribution is 5.29. The molecule has 0 aromatic heterocycles. The smallest absolute Gasteiger partial charge is 0.119 e. The van der Waals surface area contributed by atoms with E-state index in [9.17, 15) is 0 Å². The highest BCUT2D eigenvalue weighted by atomic mass is 16.5. The Morgan fingerprint density at radius 2 is 1.75 bits per heavy atom. The summed E-state index contributed by atoms with van der Waals surface area (Å²) < 4.78 is 5.87. The van der Waals surface area contributed by atoms with Crippen LogP contribution in [0.4, 0.5) is 0 Å². The van der Waals surface area contributed by atoms with Crippen LogP contribution in [-0.4, -0.2) is 6.04 Å². The average Bonchev–Trinajstić information content (AvgIpc) is 3.44. The van der Waals surface area contributed by atoms with E-state index < -0.39 is 0 Å². The first-order chi connectivity index (χ1) is 11.7. The summed E-state index contributed by atoms with van der Waals surface area (Å²) in [6, 6.07) is 19.8. The molecule has 0 amide bonds. The average molecular weight is 323 g/mol. The maximum absolute atomic E-state index is 5.87. The van der Waals surface area contributed by atoms with Gasteiger partial charge in [-0.05, 0) is 48.9 Å². The van der Waals surface area contributed by atoms with Crippen molar-refractivity contribution in [2.45, 2.75) is 58.2 Å². The molecule has 2 nitrogen and oxygen atoms in total. The molecule has 2 aromatic rings. The van der Waals surface area contributed by atoms with Crippen molar-refractivity contribution in [3.05, 3.63) is 65.7 Å². The summed E-state index contributed by atoms with van der Waals surface area (Å²) in [6.45, 7) is 5.16. The molecule has 0 saturated heterocycles. The first-order valence-electron chi connectivity index (χ1n) is 9.27. The van der Waals surface area contributed by atoms with Gasteiger partial charge in [0.25, 0.3) is 0 Å². The van der Waals surface area contributed by atoms with Gasteiger partial charge in [0.1, 0.15) is 12.4 Å². The molecule has 2 heteroatoms. The number of benzene rings is 2. The Morgan fingerprint density at radius 3 is 2.38 bits per heavy atom. The molecule has 0 spiro atoms. The minimum atomic E-state index is 0.386. The zero-order valence-electron chi connectivity index (χ0n) is 14.9. The van der Waals surface area contributed by atoms with Gasteiger partial charge in [0.05, 0.1) is 0 Å². The van der Waals surface area contributed by atoms with Crippen molar-refractivity contribution in [2.24, 2.45) is 5.92 Å². The van der Waals surface area contributed by atoms with E-state index in [4.69, 9.17) is 4.74 Å². The molecule has 2 aromatic carbocycles. The van der Waals surface area contributed by atoms with Crippen LogP contribution in [0.25, 0.3) is 0 Å². The zero-order valence-corrected chi connectivity index (χ0v) is 14.9. The van der Waals surface area contributed by atoms with Gasteiger partial charge in [-0.15, -0.1) is 0 Å². The van der Waals surface area contributed by atoms with E-state index in [0.717, 1.165) is 11.7 Å². The number of nitrogens with one attached hydrogen (secondary N) is 1. The van der Waals surface area contributed by atoms with E-state index in [0.29, 0.717) is 18.7 Å². The van der Waals surface area contributed by atoms with Gasteiger partial charge in [-0.1, -0.05) is 62.2 Å². The summed E-state index contributed by atoms with van der Waals surface area (Å²) >= 11 is 0. The molecule has 2 unspecified atom stereocenters. The van der Waals surface area contributed by atoms with Crippen LogP contribution < -0.4 is 10.1 Å². The van der Waals surface area contributed by atoms with Crippen molar-refractivity contribution in [3.63, 3.8) is 0 Å². The van der Waals surface area contributed by atoms with Gasteiger partial charge in [0, 0.05) is 12.1 Å². The second kappa shape index (κ2) is 8.34. The van der Waals surface area contributed by atoms with Crippen molar-refractivity contribution >= 4 is 0 Å². The standard InChI is InChI=1S/C22H29NO/c1-3-21(15-18-9-10-18)23-17(2)20-11-13-22(14-12-20)24-16-19-7-5-4-6-8-19/h4-8,11-14,17-18,21,23H,3,9-10,15-16H2,1-2H3. The molecule has 24 heavy (non-hydrogen) atoms. The quantitative estimate of drug-likeness (QED) is 0.658. The molecule has 1 N–H and O–H groups in total. The Labute approximate surface area is 146 Å². The van der Waals surface area contributed by atoms with Crippen LogP contribution in [0.3, 0.4) is 0 Å². The lowest BCUT2D eigenvalue weighted by atomic mass is 10.0. The van der Waals surface area contributed by atoms with Gasteiger partial charge >= 0.3 is 0 Å². The predicted octanol–water partition coefficient (Wildman–Crippen LogP) is 5.49. The molecule has 128 valence electrons. The lowest BCUT2D eigenvalue weighted by Gasteiger charge is -2.23. The minimum Gasteiger partial charge on any atom is -0.489 e. The van der Waals surface area contributed by atoms with Gasteiger partial charge in [0.2, 0.25) is 0 Å². The number of rotatable bonds is 9. The summed E-state index contributed by atoms with van der Waals surface area (Å²) in [5.41, 5.74) is 2.53. The third-order valence-electron chi connectivity index (χ3n) is 4.92. The number of hydrogen-bond donors (Lipinski definition) is 1. The Bertz CT molecular complexity index is 604. The van der Waals surface area contributed by atoms with Crippen LogP contribution in [0.15, 0.2) is 54.6 Å². The molecule has 3 rings (SSSR count).